The molecular weight excluding hydrogens is 274 g/mol. The lowest BCUT2D eigenvalue weighted by molar-refractivity contribution is -0.138. The van der Waals surface area contributed by atoms with Crippen LogP contribution in [0.15, 0.2) is 10.9 Å². The Morgan fingerprint density at radius 2 is 2.00 bits per heavy atom. The summed E-state index contributed by atoms with van der Waals surface area (Å²) in [5.74, 6) is -1.39. The Bertz CT molecular complexity index is 592. The molecule has 0 aliphatic carbocycles. The van der Waals surface area contributed by atoms with Gasteiger partial charge in [0.2, 0.25) is 5.91 Å². The summed E-state index contributed by atoms with van der Waals surface area (Å²) in [5, 5.41) is 11.5. The van der Waals surface area contributed by atoms with Gasteiger partial charge in [-0.15, -0.1) is 0 Å². The van der Waals surface area contributed by atoms with Gasteiger partial charge in [-0.2, -0.15) is 4.98 Å². The Kier molecular flexibility index (Phi) is 5.63. The summed E-state index contributed by atoms with van der Waals surface area (Å²) in [7, 11) is 0. The third-order valence-electron chi connectivity index (χ3n) is 3.19. The second kappa shape index (κ2) is 7.01. The highest BCUT2D eigenvalue weighted by atomic mass is 16.4. The van der Waals surface area contributed by atoms with Gasteiger partial charge in [0.15, 0.2) is 0 Å². The van der Waals surface area contributed by atoms with Crippen LogP contribution in [0.2, 0.25) is 0 Å². The molecule has 2 N–H and O–H groups in total. The van der Waals surface area contributed by atoms with E-state index in [0.717, 1.165) is 0 Å². The first-order valence-electron chi connectivity index (χ1n) is 6.77. The van der Waals surface area contributed by atoms with Crippen molar-refractivity contribution in [1.29, 1.82) is 0 Å². The minimum atomic E-state index is -0.973. The topological polar surface area (TPSA) is 101 Å². The van der Waals surface area contributed by atoms with Crippen LogP contribution in [-0.2, 0) is 16.1 Å². The lowest BCUT2D eigenvalue weighted by Crippen LogP contribution is -2.43. The summed E-state index contributed by atoms with van der Waals surface area (Å²) in [6.07, 6.45) is -0.149. The average Bonchev–Trinajstić information content (AvgIpc) is 2.32. The molecule has 0 saturated heterocycles. The molecule has 1 heterocycles. The van der Waals surface area contributed by atoms with Crippen molar-refractivity contribution in [1.82, 2.24) is 14.9 Å². The quantitative estimate of drug-likeness (QED) is 0.794. The van der Waals surface area contributed by atoms with E-state index < -0.39 is 23.6 Å². The monoisotopic (exact) mass is 295 g/mol. The SMILES string of the molecule is Cc1cc(C)n(CC(=O)N[C@@H](CC(=O)O)C(C)C)c(=O)n1. The Hall–Kier alpha value is -2.18. The van der Waals surface area contributed by atoms with Crippen LogP contribution in [0.1, 0.15) is 31.7 Å². The van der Waals surface area contributed by atoms with Crippen molar-refractivity contribution in [3.05, 3.63) is 27.9 Å². The number of carbonyl (C=O) groups is 2. The van der Waals surface area contributed by atoms with E-state index in [0.29, 0.717) is 11.4 Å². The number of aliphatic carboxylic acids is 1. The molecule has 7 heteroatoms. The zero-order valence-corrected chi connectivity index (χ0v) is 12.7. The molecule has 116 valence electrons. The highest BCUT2D eigenvalue weighted by Gasteiger charge is 2.20. The second-order valence-electron chi connectivity index (χ2n) is 5.42. The number of rotatable bonds is 6. The summed E-state index contributed by atoms with van der Waals surface area (Å²) in [4.78, 5) is 38.3. The number of hydrogen-bond donors (Lipinski definition) is 2. The Morgan fingerprint density at radius 3 is 2.48 bits per heavy atom. The van der Waals surface area contributed by atoms with Gasteiger partial charge in [0.05, 0.1) is 6.42 Å². The van der Waals surface area contributed by atoms with Crippen molar-refractivity contribution < 1.29 is 14.7 Å². The van der Waals surface area contributed by atoms with E-state index in [1.165, 1.54) is 4.57 Å². The highest BCUT2D eigenvalue weighted by molar-refractivity contribution is 5.77. The summed E-state index contributed by atoms with van der Waals surface area (Å²) in [6, 6.07) is 1.25. The molecule has 0 unspecified atom stereocenters. The minimum Gasteiger partial charge on any atom is -0.481 e. The third kappa shape index (κ3) is 5.02. The average molecular weight is 295 g/mol. The summed E-state index contributed by atoms with van der Waals surface area (Å²) >= 11 is 0. The summed E-state index contributed by atoms with van der Waals surface area (Å²) in [5.41, 5.74) is 0.754. The largest absolute Gasteiger partial charge is 0.481 e. The van der Waals surface area contributed by atoms with Crippen LogP contribution >= 0.6 is 0 Å². The predicted octanol–water partition coefficient (Wildman–Crippen LogP) is 0.476. The van der Waals surface area contributed by atoms with Gasteiger partial charge in [-0.1, -0.05) is 13.8 Å². The fraction of sp³-hybridized carbons (Fsp3) is 0.571. The molecule has 0 radical (unpaired) electrons. The van der Waals surface area contributed by atoms with Gasteiger partial charge < -0.3 is 10.4 Å². The zero-order valence-electron chi connectivity index (χ0n) is 12.7. The van der Waals surface area contributed by atoms with Crippen LogP contribution in [-0.4, -0.2) is 32.6 Å². The maximum absolute atomic E-state index is 12.0. The van der Waals surface area contributed by atoms with Gasteiger partial charge in [-0.25, -0.2) is 4.79 Å². The van der Waals surface area contributed by atoms with E-state index in [-0.39, 0.29) is 18.9 Å². The number of hydrogen-bond acceptors (Lipinski definition) is 4. The molecular formula is C14H21N3O4. The number of nitrogens with one attached hydrogen (secondary N) is 1. The maximum atomic E-state index is 12.0. The first-order chi connectivity index (χ1) is 9.70. The van der Waals surface area contributed by atoms with Crippen LogP contribution < -0.4 is 11.0 Å². The van der Waals surface area contributed by atoms with Gasteiger partial charge in [-0.3, -0.25) is 14.2 Å². The van der Waals surface area contributed by atoms with E-state index in [4.69, 9.17) is 5.11 Å². The fourth-order valence-electron chi connectivity index (χ4n) is 2.00. The molecule has 0 saturated carbocycles. The van der Waals surface area contributed by atoms with E-state index in [1.807, 2.05) is 13.8 Å². The van der Waals surface area contributed by atoms with Crippen LogP contribution in [0.5, 0.6) is 0 Å². The minimum absolute atomic E-state index is 0.0148. The molecule has 0 fully saturated rings. The Morgan fingerprint density at radius 1 is 1.38 bits per heavy atom. The first-order valence-corrected chi connectivity index (χ1v) is 6.77. The molecule has 1 rings (SSSR count). The van der Waals surface area contributed by atoms with Gasteiger partial charge in [0.25, 0.3) is 0 Å². The number of aromatic nitrogens is 2. The van der Waals surface area contributed by atoms with Crippen molar-refractivity contribution in [2.45, 2.75) is 46.7 Å². The molecule has 21 heavy (non-hydrogen) atoms. The Labute approximate surface area is 123 Å². The van der Waals surface area contributed by atoms with Gasteiger partial charge in [0.1, 0.15) is 6.54 Å². The van der Waals surface area contributed by atoms with Crippen molar-refractivity contribution in [3.8, 4) is 0 Å². The number of aryl methyl sites for hydroxylation is 2. The van der Waals surface area contributed by atoms with E-state index in [9.17, 15) is 14.4 Å². The normalized spacial score (nSPS) is 12.2. The lowest BCUT2D eigenvalue weighted by Gasteiger charge is -2.21. The van der Waals surface area contributed by atoms with Crippen LogP contribution in [0.25, 0.3) is 0 Å². The smallest absolute Gasteiger partial charge is 0.348 e. The Balaban J connectivity index is 2.82. The van der Waals surface area contributed by atoms with Crippen molar-refractivity contribution >= 4 is 11.9 Å². The van der Waals surface area contributed by atoms with Crippen molar-refractivity contribution in [2.24, 2.45) is 5.92 Å². The summed E-state index contributed by atoms with van der Waals surface area (Å²) < 4.78 is 1.26. The van der Waals surface area contributed by atoms with Gasteiger partial charge in [-0.05, 0) is 25.8 Å². The molecule has 0 bridgehead atoms. The number of amides is 1. The molecule has 1 aromatic heterocycles. The van der Waals surface area contributed by atoms with Crippen molar-refractivity contribution in [2.75, 3.05) is 0 Å². The predicted molar refractivity (Wildman–Crippen MR) is 77.0 cm³/mol. The van der Waals surface area contributed by atoms with Crippen LogP contribution in [0.3, 0.4) is 0 Å². The zero-order chi connectivity index (χ0) is 16.2. The van der Waals surface area contributed by atoms with E-state index in [2.05, 4.69) is 10.3 Å². The maximum Gasteiger partial charge on any atom is 0.348 e. The number of carboxylic acid groups (broad SMARTS) is 1. The van der Waals surface area contributed by atoms with Crippen LogP contribution in [0, 0.1) is 19.8 Å². The molecule has 1 amide bonds. The number of carboxylic acids is 1. The molecule has 1 atom stereocenters. The van der Waals surface area contributed by atoms with E-state index >= 15 is 0 Å². The number of nitrogens with zero attached hydrogens (tertiary/aromatic N) is 2. The molecule has 7 nitrogen and oxygen atoms in total. The molecule has 0 spiro atoms. The standard InChI is InChI=1S/C14H21N3O4/c1-8(2)11(6-13(19)20)16-12(18)7-17-10(4)5-9(3)15-14(17)21/h5,8,11H,6-7H2,1-4H3,(H,16,18)(H,19,20)/t11-/m0/s1. The van der Waals surface area contributed by atoms with Crippen LogP contribution in [0.4, 0.5) is 0 Å². The number of carbonyl (C=O) groups excluding carboxylic acids is 1. The molecule has 1 aromatic rings. The highest BCUT2D eigenvalue weighted by Crippen LogP contribution is 2.06. The third-order valence-corrected chi connectivity index (χ3v) is 3.19. The molecule has 0 aliphatic rings. The summed E-state index contributed by atoms with van der Waals surface area (Å²) in [6.45, 7) is 6.93. The van der Waals surface area contributed by atoms with Gasteiger partial charge in [0, 0.05) is 17.4 Å². The first kappa shape index (κ1) is 16.9. The second-order valence-corrected chi connectivity index (χ2v) is 5.42. The lowest BCUT2D eigenvalue weighted by atomic mass is 10.0. The molecule has 0 aromatic carbocycles. The van der Waals surface area contributed by atoms with Crippen molar-refractivity contribution in [3.63, 3.8) is 0 Å². The van der Waals surface area contributed by atoms with E-state index in [1.54, 1.807) is 19.9 Å². The van der Waals surface area contributed by atoms with Gasteiger partial charge >= 0.3 is 11.7 Å². The fourth-order valence-corrected chi connectivity index (χ4v) is 2.00. The molecule has 0 aliphatic heterocycles.